The van der Waals surface area contributed by atoms with E-state index >= 15 is 0 Å². The summed E-state index contributed by atoms with van der Waals surface area (Å²) in [7, 11) is 0. The van der Waals surface area contributed by atoms with E-state index in [0.29, 0.717) is 18.2 Å². The average Bonchev–Trinajstić information content (AvgIpc) is 2.37. The summed E-state index contributed by atoms with van der Waals surface area (Å²) in [5, 5.41) is 17.1. The Morgan fingerprint density at radius 1 is 1.42 bits per heavy atom. The number of nitrogens with zero attached hydrogens (tertiary/aromatic N) is 2. The summed E-state index contributed by atoms with van der Waals surface area (Å²) in [6, 6.07) is 3.09. The first-order chi connectivity index (χ1) is 8.89. The lowest BCUT2D eigenvalue weighted by Crippen LogP contribution is -2.26. The molecule has 0 bridgehead atoms. The van der Waals surface area contributed by atoms with Gasteiger partial charge in [0.2, 0.25) is 5.82 Å². The second kappa shape index (κ2) is 6.60. The Kier molecular flexibility index (Phi) is 5.41. The number of aromatic nitrogens is 1. The third kappa shape index (κ3) is 4.59. The van der Waals surface area contributed by atoms with Crippen LogP contribution in [0.5, 0.6) is 0 Å². The third-order valence-electron chi connectivity index (χ3n) is 2.66. The number of hydrogen-bond acceptors (Lipinski definition) is 6. The molecular formula is C12H20N4O2S. The van der Waals surface area contributed by atoms with Crippen LogP contribution in [-0.2, 0) is 0 Å². The van der Waals surface area contributed by atoms with Crippen LogP contribution in [0.15, 0.2) is 12.1 Å². The van der Waals surface area contributed by atoms with Crippen LogP contribution in [-0.4, -0.2) is 34.0 Å². The predicted octanol–water partition coefficient (Wildman–Crippen LogP) is 2.98. The zero-order valence-electron chi connectivity index (χ0n) is 11.7. The molecule has 6 nitrogen and oxygen atoms in total. The summed E-state index contributed by atoms with van der Waals surface area (Å²) in [6.07, 6.45) is 2.01. The van der Waals surface area contributed by atoms with Gasteiger partial charge in [-0.2, -0.15) is 11.8 Å². The molecule has 0 aliphatic rings. The fourth-order valence-electron chi connectivity index (χ4n) is 1.38. The maximum atomic E-state index is 11.0. The van der Waals surface area contributed by atoms with Crippen molar-refractivity contribution >= 4 is 29.1 Å². The summed E-state index contributed by atoms with van der Waals surface area (Å²) < 4.78 is -0.0102. The van der Waals surface area contributed by atoms with Crippen molar-refractivity contribution in [3.05, 3.63) is 22.2 Å². The molecular weight excluding hydrogens is 264 g/mol. The number of anilines is 2. The molecule has 0 radical (unpaired) electrons. The van der Waals surface area contributed by atoms with Crippen molar-refractivity contribution in [1.82, 2.24) is 4.98 Å². The number of thioether (sulfide) groups is 1. The van der Waals surface area contributed by atoms with Crippen LogP contribution in [0.1, 0.15) is 20.8 Å². The fourth-order valence-corrected chi connectivity index (χ4v) is 1.59. The van der Waals surface area contributed by atoms with Gasteiger partial charge in [0, 0.05) is 23.9 Å². The molecule has 0 unspecified atom stereocenters. The molecule has 2 N–H and O–H groups in total. The number of nitrogens with one attached hydrogen (secondary N) is 2. The second-order valence-corrected chi connectivity index (χ2v) is 6.18. The molecule has 1 heterocycles. The van der Waals surface area contributed by atoms with E-state index in [1.165, 1.54) is 6.07 Å². The van der Waals surface area contributed by atoms with Gasteiger partial charge >= 0.3 is 5.69 Å². The molecule has 0 aromatic carbocycles. The lowest BCUT2D eigenvalue weighted by Gasteiger charge is -2.22. The summed E-state index contributed by atoms with van der Waals surface area (Å²) >= 11 is 1.70. The van der Waals surface area contributed by atoms with Crippen molar-refractivity contribution in [2.45, 2.75) is 25.5 Å². The first-order valence-electron chi connectivity index (χ1n) is 6.08. The van der Waals surface area contributed by atoms with Gasteiger partial charge in [0.05, 0.1) is 4.92 Å². The zero-order chi connectivity index (χ0) is 14.5. The van der Waals surface area contributed by atoms with Gasteiger partial charge in [0.15, 0.2) is 0 Å². The van der Waals surface area contributed by atoms with Crippen LogP contribution >= 0.6 is 11.8 Å². The molecule has 0 atom stereocenters. The molecule has 1 rings (SSSR count). The van der Waals surface area contributed by atoms with Crippen molar-refractivity contribution in [3.63, 3.8) is 0 Å². The molecule has 0 spiro atoms. The lowest BCUT2D eigenvalue weighted by molar-refractivity contribution is -0.384. The average molecular weight is 284 g/mol. The highest BCUT2D eigenvalue weighted by molar-refractivity contribution is 7.99. The van der Waals surface area contributed by atoms with Crippen molar-refractivity contribution in [1.29, 1.82) is 0 Å². The van der Waals surface area contributed by atoms with Crippen LogP contribution in [0.25, 0.3) is 0 Å². The molecule has 0 saturated carbocycles. The molecule has 106 valence electrons. The molecule has 0 saturated heterocycles. The van der Waals surface area contributed by atoms with Crippen molar-refractivity contribution in [2.75, 3.05) is 30.0 Å². The number of rotatable bonds is 7. The van der Waals surface area contributed by atoms with Gasteiger partial charge in [0.25, 0.3) is 0 Å². The van der Waals surface area contributed by atoms with E-state index in [2.05, 4.69) is 29.5 Å². The van der Waals surface area contributed by atoms with Gasteiger partial charge in [-0.05, 0) is 33.1 Å². The smallest absolute Gasteiger partial charge is 0.311 e. The highest BCUT2D eigenvalue weighted by Crippen LogP contribution is 2.27. The van der Waals surface area contributed by atoms with Crippen molar-refractivity contribution in [3.8, 4) is 0 Å². The highest BCUT2D eigenvalue weighted by Gasteiger charge is 2.20. The van der Waals surface area contributed by atoms with Crippen LogP contribution in [0.3, 0.4) is 0 Å². The number of nitro groups is 1. The summed E-state index contributed by atoms with van der Waals surface area (Å²) in [4.78, 5) is 14.8. The van der Waals surface area contributed by atoms with Gasteiger partial charge in [-0.25, -0.2) is 4.98 Å². The molecule has 0 aliphatic carbocycles. The number of pyridine rings is 1. The van der Waals surface area contributed by atoms with E-state index in [4.69, 9.17) is 0 Å². The van der Waals surface area contributed by atoms with Gasteiger partial charge < -0.3 is 10.6 Å². The third-order valence-corrected chi connectivity index (χ3v) is 3.91. The minimum Gasteiger partial charge on any atom is -0.370 e. The lowest BCUT2D eigenvalue weighted by atomic mass is 10.2. The van der Waals surface area contributed by atoms with E-state index in [1.807, 2.05) is 13.2 Å². The Labute approximate surface area is 117 Å². The van der Waals surface area contributed by atoms with E-state index in [0.717, 1.165) is 6.54 Å². The first-order valence-corrected chi connectivity index (χ1v) is 7.30. The molecule has 1 aromatic heterocycles. The molecule has 0 amide bonds. The van der Waals surface area contributed by atoms with E-state index < -0.39 is 4.92 Å². The Hall–Kier alpha value is -1.50. The Bertz CT molecular complexity index is 451. The van der Waals surface area contributed by atoms with Gasteiger partial charge in [-0.1, -0.05) is 0 Å². The quantitative estimate of drug-likeness (QED) is 0.592. The maximum absolute atomic E-state index is 11.0. The molecule has 0 fully saturated rings. The maximum Gasteiger partial charge on any atom is 0.311 e. The monoisotopic (exact) mass is 284 g/mol. The molecule has 0 aliphatic heterocycles. The van der Waals surface area contributed by atoms with Crippen LogP contribution in [0.2, 0.25) is 0 Å². The van der Waals surface area contributed by atoms with Crippen molar-refractivity contribution in [2.24, 2.45) is 0 Å². The van der Waals surface area contributed by atoms with Crippen LogP contribution in [0.4, 0.5) is 17.3 Å². The van der Waals surface area contributed by atoms with Gasteiger partial charge in [-0.15, -0.1) is 0 Å². The topological polar surface area (TPSA) is 80.1 Å². The standard InChI is InChI=1S/C12H20N4O2S/c1-5-13-10-7-6-9(16(17)18)11(15-10)14-8-12(2,3)19-4/h6-7H,5,8H2,1-4H3,(H2,13,14,15). The summed E-state index contributed by atoms with van der Waals surface area (Å²) in [5.41, 5.74) is -0.00134. The molecule has 1 aromatic rings. The summed E-state index contributed by atoms with van der Waals surface area (Å²) in [6.45, 7) is 7.43. The Morgan fingerprint density at radius 3 is 2.63 bits per heavy atom. The van der Waals surface area contributed by atoms with Crippen molar-refractivity contribution < 1.29 is 4.92 Å². The second-order valence-electron chi connectivity index (χ2n) is 4.67. The van der Waals surface area contributed by atoms with E-state index in [9.17, 15) is 10.1 Å². The normalized spacial score (nSPS) is 11.2. The summed E-state index contributed by atoms with van der Waals surface area (Å²) in [5.74, 6) is 0.947. The van der Waals surface area contributed by atoms with E-state index in [1.54, 1.807) is 17.8 Å². The highest BCUT2D eigenvalue weighted by atomic mass is 32.2. The zero-order valence-corrected chi connectivity index (χ0v) is 12.5. The van der Waals surface area contributed by atoms with Gasteiger partial charge in [-0.3, -0.25) is 10.1 Å². The Morgan fingerprint density at radius 2 is 2.11 bits per heavy atom. The largest absolute Gasteiger partial charge is 0.370 e. The van der Waals surface area contributed by atoms with E-state index in [-0.39, 0.29) is 10.4 Å². The van der Waals surface area contributed by atoms with Crippen LogP contribution < -0.4 is 10.6 Å². The number of hydrogen-bond donors (Lipinski definition) is 2. The molecule has 19 heavy (non-hydrogen) atoms. The van der Waals surface area contributed by atoms with Gasteiger partial charge in [0.1, 0.15) is 5.82 Å². The Balaban J connectivity index is 2.94. The fraction of sp³-hybridized carbons (Fsp3) is 0.583. The predicted molar refractivity (Wildman–Crippen MR) is 81.1 cm³/mol. The first kappa shape index (κ1) is 15.6. The molecule has 7 heteroatoms. The minimum absolute atomic E-state index is 0.00134. The van der Waals surface area contributed by atoms with Crippen LogP contribution in [0, 0.1) is 10.1 Å². The minimum atomic E-state index is -0.419. The SMILES string of the molecule is CCNc1ccc([N+](=O)[O-])c(NCC(C)(C)SC)n1.